The van der Waals surface area contributed by atoms with Crippen LogP contribution in [0.5, 0.6) is 5.75 Å². The number of ether oxygens (including phenoxy) is 1. The lowest BCUT2D eigenvalue weighted by Crippen LogP contribution is -2.16. The highest BCUT2D eigenvalue weighted by atomic mass is 16.5. The summed E-state index contributed by atoms with van der Waals surface area (Å²) in [4.78, 5) is 24.5. The number of hydrogen-bond donors (Lipinski definition) is 2. The Hall–Kier alpha value is -2.82. The predicted octanol–water partition coefficient (Wildman–Crippen LogP) is 4.38. The lowest BCUT2D eigenvalue weighted by molar-refractivity contribution is -0.117. The van der Waals surface area contributed by atoms with Crippen LogP contribution in [0, 0.1) is 12.8 Å². The zero-order valence-corrected chi connectivity index (χ0v) is 15.3. The summed E-state index contributed by atoms with van der Waals surface area (Å²) in [6.07, 6.45) is 2.00. The number of anilines is 2. The Kier molecular flexibility index (Phi) is 5.26. The average molecular weight is 352 g/mol. The number of hydrogen-bond acceptors (Lipinski definition) is 3. The Morgan fingerprint density at radius 2 is 1.62 bits per heavy atom. The van der Waals surface area contributed by atoms with Gasteiger partial charge in [-0.25, -0.2) is 0 Å². The Bertz CT molecular complexity index is 809. The number of nitrogens with one attached hydrogen (secondary N) is 2. The molecular weight excluding hydrogens is 328 g/mol. The second-order valence-corrected chi connectivity index (χ2v) is 6.89. The maximum Gasteiger partial charge on any atom is 0.255 e. The third-order valence-corrected chi connectivity index (χ3v) is 4.28. The highest BCUT2D eigenvalue weighted by molar-refractivity contribution is 6.05. The summed E-state index contributed by atoms with van der Waals surface area (Å²) < 4.78 is 5.59. The minimum absolute atomic E-state index is 0.0531. The van der Waals surface area contributed by atoms with Crippen LogP contribution in [0.2, 0.25) is 0 Å². The first-order chi connectivity index (χ1) is 12.4. The van der Waals surface area contributed by atoms with Crippen LogP contribution in [0.4, 0.5) is 11.4 Å². The Morgan fingerprint density at radius 1 is 1.00 bits per heavy atom. The molecule has 26 heavy (non-hydrogen) atoms. The van der Waals surface area contributed by atoms with Crippen LogP contribution in [0.25, 0.3) is 0 Å². The van der Waals surface area contributed by atoms with Gasteiger partial charge in [0.25, 0.3) is 5.91 Å². The van der Waals surface area contributed by atoms with Gasteiger partial charge in [0, 0.05) is 22.9 Å². The first-order valence-corrected chi connectivity index (χ1v) is 8.92. The van der Waals surface area contributed by atoms with Crippen LogP contribution in [0.3, 0.4) is 0 Å². The van der Waals surface area contributed by atoms with Gasteiger partial charge in [-0.15, -0.1) is 0 Å². The first-order valence-electron chi connectivity index (χ1n) is 8.92. The SMILES string of the molecule is Cc1c(NC(=O)c2ccc(OC(C)C)cc2)cccc1NC(=O)C1CC1. The van der Waals surface area contributed by atoms with E-state index < -0.39 is 0 Å². The number of carbonyl (C=O) groups is 2. The van der Waals surface area contributed by atoms with Crippen molar-refractivity contribution in [2.75, 3.05) is 10.6 Å². The molecule has 1 aliphatic rings. The molecule has 0 saturated heterocycles. The lowest BCUT2D eigenvalue weighted by atomic mass is 10.1. The van der Waals surface area contributed by atoms with Gasteiger partial charge in [0.2, 0.25) is 5.91 Å². The number of rotatable bonds is 6. The number of carbonyl (C=O) groups excluding carboxylic acids is 2. The van der Waals surface area contributed by atoms with E-state index in [1.54, 1.807) is 24.3 Å². The van der Waals surface area contributed by atoms with Gasteiger partial charge in [0.15, 0.2) is 0 Å². The van der Waals surface area contributed by atoms with Gasteiger partial charge in [-0.3, -0.25) is 9.59 Å². The van der Waals surface area contributed by atoms with Crippen LogP contribution in [-0.2, 0) is 4.79 Å². The molecule has 1 fully saturated rings. The molecule has 136 valence electrons. The molecule has 2 N–H and O–H groups in total. The fraction of sp³-hybridized carbons (Fsp3) is 0.333. The molecule has 2 amide bonds. The summed E-state index contributed by atoms with van der Waals surface area (Å²) in [5.41, 5.74) is 2.81. The highest BCUT2D eigenvalue weighted by Gasteiger charge is 2.29. The monoisotopic (exact) mass is 352 g/mol. The van der Waals surface area contributed by atoms with E-state index >= 15 is 0 Å². The van der Waals surface area contributed by atoms with Gasteiger partial charge in [-0.2, -0.15) is 0 Å². The Labute approximate surface area is 153 Å². The summed E-state index contributed by atoms with van der Waals surface area (Å²) in [5.74, 6) is 0.726. The summed E-state index contributed by atoms with van der Waals surface area (Å²) in [6, 6.07) is 12.6. The van der Waals surface area contributed by atoms with E-state index in [4.69, 9.17) is 4.74 Å². The molecular formula is C21H24N2O3. The van der Waals surface area contributed by atoms with Crippen LogP contribution >= 0.6 is 0 Å². The zero-order chi connectivity index (χ0) is 18.7. The zero-order valence-electron chi connectivity index (χ0n) is 15.3. The highest BCUT2D eigenvalue weighted by Crippen LogP contribution is 2.31. The van der Waals surface area contributed by atoms with Crippen molar-refractivity contribution in [3.8, 4) is 5.75 Å². The van der Waals surface area contributed by atoms with Crippen molar-refractivity contribution < 1.29 is 14.3 Å². The number of amides is 2. The molecule has 0 aliphatic heterocycles. The summed E-state index contributed by atoms with van der Waals surface area (Å²) in [7, 11) is 0. The number of benzene rings is 2. The minimum Gasteiger partial charge on any atom is -0.491 e. The third-order valence-electron chi connectivity index (χ3n) is 4.28. The van der Waals surface area contributed by atoms with Crippen molar-refractivity contribution in [1.29, 1.82) is 0 Å². The average Bonchev–Trinajstić information content (AvgIpc) is 3.43. The molecule has 5 heteroatoms. The van der Waals surface area contributed by atoms with Crippen molar-refractivity contribution in [3.63, 3.8) is 0 Å². The molecule has 0 heterocycles. The molecule has 2 aromatic rings. The summed E-state index contributed by atoms with van der Waals surface area (Å²) in [6.45, 7) is 5.80. The smallest absolute Gasteiger partial charge is 0.255 e. The molecule has 0 aromatic heterocycles. The molecule has 3 rings (SSSR count). The van der Waals surface area contributed by atoms with Crippen molar-refractivity contribution in [2.24, 2.45) is 5.92 Å². The molecule has 1 aliphatic carbocycles. The largest absolute Gasteiger partial charge is 0.491 e. The van der Waals surface area contributed by atoms with Crippen molar-refractivity contribution in [2.45, 2.75) is 39.7 Å². The second kappa shape index (κ2) is 7.60. The van der Waals surface area contributed by atoms with Crippen LogP contribution in [0.15, 0.2) is 42.5 Å². The van der Waals surface area contributed by atoms with Gasteiger partial charge >= 0.3 is 0 Å². The van der Waals surface area contributed by atoms with Crippen molar-refractivity contribution in [3.05, 3.63) is 53.6 Å². The van der Waals surface area contributed by atoms with E-state index in [9.17, 15) is 9.59 Å². The van der Waals surface area contributed by atoms with Crippen molar-refractivity contribution in [1.82, 2.24) is 0 Å². The van der Waals surface area contributed by atoms with Gasteiger partial charge < -0.3 is 15.4 Å². The fourth-order valence-electron chi connectivity index (χ4n) is 2.64. The van der Waals surface area contributed by atoms with Crippen LogP contribution in [-0.4, -0.2) is 17.9 Å². The van der Waals surface area contributed by atoms with E-state index in [-0.39, 0.29) is 23.8 Å². The molecule has 1 saturated carbocycles. The minimum atomic E-state index is -0.199. The molecule has 0 unspecified atom stereocenters. The topological polar surface area (TPSA) is 67.4 Å². The fourth-order valence-corrected chi connectivity index (χ4v) is 2.64. The van der Waals surface area contributed by atoms with Gasteiger partial charge in [-0.1, -0.05) is 6.07 Å². The van der Waals surface area contributed by atoms with E-state index in [1.165, 1.54) is 0 Å². The normalized spacial score (nSPS) is 13.4. The van der Waals surface area contributed by atoms with Gasteiger partial charge in [0.1, 0.15) is 5.75 Å². The van der Waals surface area contributed by atoms with Crippen molar-refractivity contribution >= 4 is 23.2 Å². The third kappa shape index (κ3) is 4.42. The van der Waals surface area contributed by atoms with Gasteiger partial charge in [0.05, 0.1) is 6.10 Å². The molecule has 0 bridgehead atoms. The van der Waals surface area contributed by atoms with Gasteiger partial charge in [-0.05, 0) is 75.6 Å². The molecule has 0 radical (unpaired) electrons. The maximum absolute atomic E-state index is 12.5. The lowest BCUT2D eigenvalue weighted by Gasteiger charge is -2.14. The quantitative estimate of drug-likeness (QED) is 0.810. The molecule has 5 nitrogen and oxygen atoms in total. The second-order valence-electron chi connectivity index (χ2n) is 6.89. The van der Waals surface area contributed by atoms with E-state index in [2.05, 4.69) is 10.6 Å². The van der Waals surface area contributed by atoms with Crippen LogP contribution < -0.4 is 15.4 Å². The standard InChI is InChI=1S/C21H24N2O3/c1-13(2)26-17-11-9-16(10-12-17)21(25)23-19-6-4-5-18(14(19)3)22-20(24)15-7-8-15/h4-6,9-13,15H,7-8H2,1-3H3,(H,22,24)(H,23,25). The first kappa shape index (κ1) is 18.0. The van der Waals surface area contributed by atoms with E-state index in [0.29, 0.717) is 11.3 Å². The summed E-state index contributed by atoms with van der Waals surface area (Å²) in [5, 5.41) is 5.86. The molecule has 0 spiro atoms. The Balaban J connectivity index is 1.69. The molecule has 2 aromatic carbocycles. The Morgan fingerprint density at radius 3 is 2.19 bits per heavy atom. The maximum atomic E-state index is 12.5. The van der Waals surface area contributed by atoms with Crippen LogP contribution in [0.1, 0.15) is 42.6 Å². The summed E-state index contributed by atoms with van der Waals surface area (Å²) >= 11 is 0. The molecule has 0 atom stereocenters. The predicted molar refractivity (Wildman–Crippen MR) is 103 cm³/mol. The van der Waals surface area contributed by atoms with E-state index in [1.807, 2.05) is 39.0 Å². The van der Waals surface area contributed by atoms with E-state index in [0.717, 1.165) is 29.8 Å².